The van der Waals surface area contributed by atoms with Crippen molar-refractivity contribution in [1.29, 1.82) is 0 Å². The van der Waals surface area contributed by atoms with Gasteiger partial charge >= 0.3 is 12.1 Å². The number of thiocarbonyl (C=S) groups is 1. The third-order valence-corrected chi connectivity index (χ3v) is 4.31. The summed E-state index contributed by atoms with van der Waals surface area (Å²) in [6.45, 7) is 4.97. The van der Waals surface area contributed by atoms with Crippen LogP contribution in [0.15, 0.2) is 24.3 Å². The van der Waals surface area contributed by atoms with Gasteiger partial charge in [-0.15, -0.1) is 0 Å². The Hall–Kier alpha value is -2.19. The predicted molar refractivity (Wildman–Crippen MR) is 102 cm³/mol. The number of ether oxygens (including phenoxy) is 3. The number of nitrogens with zero attached hydrogens (tertiary/aromatic N) is 1. The molecule has 1 aromatic rings. The van der Waals surface area contributed by atoms with E-state index in [1.54, 1.807) is 45.0 Å². The third kappa shape index (κ3) is 5.17. The minimum Gasteiger partial charge on any atom is -0.467 e. The number of likely N-dealkylation sites (tertiary alicyclic amines) is 1. The number of carbonyl (C=O) groups is 3. The number of rotatable bonds is 3. The maximum absolute atomic E-state index is 12.8. The molecule has 0 bridgehead atoms. The van der Waals surface area contributed by atoms with Crippen molar-refractivity contribution in [2.24, 2.45) is 5.92 Å². The molecule has 1 fully saturated rings. The van der Waals surface area contributed by atoms with Crippen LogP contribution in [0.5, 0.6) is 5.75 Å². The molecule has 1 aliphatic rings. The molecule has 0 aliphatic carbocycles. The van der Waals surface area contributed by atoms with Crippen molar-refractivity contribution in [3.05, 3.63) is 29.3 Å². The van der Waals surface area contributed by atoms with Crippen LogP contribution in [0.25, 0.3) is 0 Å². The lowest BCUT2D eigenvalue weighted by molar-refractivity contribution is -0.148. The molecule has 1 heterocycles. The van der Waals surface area contributed by atoms with E-state index in [0.29, 0.717) is 10.8 Å². The predicted octanol–water partition coefficient (Wildman–Crippen LogP) is 3.37. The van der Waals surface area contributed by atoms with Gasteiger partial charge in [0.1, 0.15) is 23.3 Å². The van der Waals surface area contributed by atoms with Crippen molar-refractivity contribution < 1.29 is 28.6 Å². The third-order valence-electron chi connectivity index (χ3n) is 3.69. The van der Waals surface area contributed by atoms with Crippen molar-refractivity contribution in [3.63, 3.8) is 0 Å². The summed E-state index contributed by atoms with van der Waals surface area (Å²) in [7, 11) is 1.18. The molecule has 9 heteroatoms. The van der Waals surface area contributed by atoms with Crippen molar-refractivity contribution >= 4 is 46.8 Å². The maximum atomic E-state index is 12.8. The standard InChI is InChI=1S/C18H20ClNO6S/c1-18(2,3)26-17(23)20-13(15(22)24-4)9-12(14(20)21)16(27)25-11-7-5-10(19)6-8-11/h5-8,12-13H,9H2,1-4H3/t12?,13-/m0/s1. The Kier molecular flexibility index (Phi) is 6.43. The number of esters is 1. The van der Waals surface area contributed by atoms with E-state index in [9.17, 15) is 14.4 Å². The second-order valence-electron chi connectivity index (χ2n) is 6.89. The highest BCUT2D eigenvalue weighted by atomic mass is 35.5. The highest BCUT2D eigenvalue weighted by molar-refractivity contribution is 7.80. The van der Waals surface area contributed by atoms with Gasteiger partial charge in [-0.05, 0) is 63.7 Å². The molecule has 0 saturated carbocycles. The lowest BCUT2D eigenvalue weighted by Gasteiger charge is -2.26. The van der Waals surface area contributed by atoms with E-state index >= 15 is 0 Å². The molecule has 0 spiro atoms. The van der Waals surface area contributed by atoms with Crippen LogP contribution in [-0.4, -0.2) is 46.7 Å². The van der Waals surface area contributed by atoms with Crippen LogP contribution in [0.1, 0.15) is 27.2 Å². The Morgan fingerprint density at radius 1 is 1.22 bits per heavy atom. The normalized spacial score (nSPS) is 19.6. The summed E-state index contributed by atoms with van der Waals surface area (Å²) in [5, 5.41) is 0.467. The quantitative estimate of drug-likeness (QED) is 0.555. The van der Waals surface area contributed by atoms with Crippen molar-refractivity contribution in [1.82, 2.24) is 4.90 Å². The zero-order chi connectivity index (χ0) is 20.4. The van der Waals surface area contributed by atoms with Gasteiger partial charge in [-0.3, -0.25) is 4.79 Å². The minimum atomic E-state index is -1.13. The SMILES string of the molecule is COC(=O)[C@@H]1CC(C(=S)Oc2ccc(Cl)cc2)C(=O)N1C(=O)OC(C)(C)C. The number of carbonyl (C=O) groups excluding carboxylic acids is 3. The van der Waals surface area contributed by atoms with Crippen LogP contribution in [0, 0.1) is 5.92 Å². The summed E-state index contributed by atoms with van der Waals surface area (Å²) in [6, 6.07) is 5.28. The summed E-state index contributed by atoms with van der Waals surface area (Å²) >= 11 is 11.0. The minimum absolute atomic E-state index is 0.0445. The number of benzene rings is 1. The van der Waals surface area contributed by atoms with Crippen LogP contribution in [-0.2, 0) is 19.1 Å². The summed E-state index contributed by atoms with van der Waals surface area (Å²) in [4.78, 5) is 38.1. The second kappa shape index (κ2) is 8.22. The lowest BCUT2D eigenvalue weighted by Crippen LogP contribution is -2.46. The van der Waals surface area contributed by atoms with E-state index in [-0.39, 0.29) is 11.5 Å². The van der Waals surface area contributed by atoms with Gasteiger partial charge in [-0.2, -0.15) is 0 Å². The summed E-state index contributed by atoms with van der Waals surface area (Å²) < 4.78 is 15.5. The van der Waals surface area contributed by atoms with Gasteiger partial charge in [0.25, 0.3) is 0 Å². The average molecular weight is 414 g/mol. The molecule has 7 nitrogen and oxygen atoms in total. The van der Waals surface area contributed by atoms with Crippen molar-refractivity contribution in [2.45, 2.75) is 38.8 Å². The topological polar surface area (TPSA) is 82.1 Å². The van der Waals surface area contributed by atoms with Gasteiger partial charge in [0.05, 0.1) is 7.11 Å². The van der Waals surface area contributed by atoms with Crippen LogP contribution in [0.4, 0.5) is 4.79 Å². The summed E-state index contributed by atoms with van der Waals surface area (Å²) in [6.07, 6.45) is -0.975. The van der Waals surface area contributed by atoms with E-state index < -0.39 is 35.5 Å². The molecule has 2 amide bonds. The lowest BCUT2D eigenvalue weighted by atomic mass is 10.1. The molecule has 2 rings (SSSR count). The number of hydrogen-bond acceptors (Lipinski definition) is 7. The first-order valence-electron chi connectivity index (χ1n) is 8.14. The van der Waals surface area contributed by atoms with Gasteiger partial charge in [0, 0.05) is 5.02 Å². The van der Waals surface area contributed by atoms with Gasteiger partial charge in [-0.1, -0.05) is 11.6 Å². The maximum Gasteiger partial charge on any atom is 0.417 e. The van der Waals surface area contributed by atoms with Crippen molar-refractivity contribution in [2.75, 3.05) is 7.11 Å². The molecule has 27 heavy (non-hydrogen) atoms. The molecule has 1 saturated heterocycles. The fourth-order valence-corrected chi connectivity index (χ4v) is 2.92. The largest absolute Gasteiger partial charge is 0.467 e. The van der Waals surface area contributed by atoms with Gasteiger partial charge in [0.2, 0.25) is 5.91 Å². The first-order valence-corrected chi connectivity index (χ1v) is 8.93. The van der Waals surface area contributed by atoms with E-state index in [1.807, 2.05) is 0 Å². The average Bonchev–Trinajstić information content (AvgIpc) is 2.92. The Labute approximate surface area is 167 Å². The van der Waals surface area contributed by atoms with Gasteiger partial charge in [0.15, 0.2) is 5.05 Å². The number of imide groups is 1. The van der Waals surface area contributed by atoms with Crippen LogP contribution < -0.4 is 4.74 Å². The smallest absolute Gasteiger partial charge is 0.417 e. The van der Waals surface area contributed by atoms with Gasteiger partial charge in [-0.25, -0.2) is 14.5 Å². The van der Waals surface area contributed by atoms with Gasteiger partial charge < -0.3 is 14.2 Å². The molecular formula is C18H20ClNO6S. The summed E-state index contributed by atoms with van der Waals surface area (Å²) in [5.74, 6) is -1.97. The highest BCUT2D eigenvalue weighted by Crippen LogP contribution is 2.30. The van der Waals surface area contributed by atoms with E-state index in [4.69, 9.17) is 38.0 Å². The zero-order valence-corrected chi connectivity index (χ0v) is 16.9. The van der Waals surface area contributed by atoms with E-state index in [2.05, 4.69) is 0 Å². The fraction of sp³-hybridized carbons (Fsp3) is 0.444. The number of hydrogen-bond donors (Lipinski definition) is 0. The number of amides is 2. The van der Waals surface area contributed by atoms with Crippen LogP contribution >= 0.6 is 23.8 Å². The Bertz CT molecular complexity index is 758. The van der Waals surface area contributed by atoms with E-state index in [1.165, 1.54) is 7.11 Å². The first kappa shape index (κ1) is 21.1. The zero-order valence-electron chi connectivity index (χ0n) is 15.4. The van der Waals surface area contributed by atoms with Crippen molar-refractivity contribution in [3.8, 4) is 5.75 Å². The molecule has 0 aromatic heterocycles. The monoisotopic (exact) mass is 413 g/mol. The first-order chi connectivity index (χ1) is 12.5. The molecule has 0 radical (unpaired) electrons. The molecule has 2 atom stereocenters. The molecule has 146 valence electrons. The number of methoxy groups -OCH3 is 1. The molecular weight excluding hydrogens is 394 g/mol. The van der Waals surface area contributed by atoms with Crippen LogP contribution in [0.2, 0.25) is 5.02 Å². The van der Waals surface area contributed by atoms with Crippen LogP contribution in [0.3, 0.4) is 0 Å². The Balaban J connectivity index is 2.21. The summed E-state index contributed by atoms with van der Waals surface area (Å²) in [5.41, 5.74) is -0.837. The molecule has 1 aliphatic heterocycles. The second-order valence-corrected chi connectivity index (χ2v) is 7.73. The highest BCUT2D eigenvalue weighted by Gasteiger charge is 2.50. The fourth-order valence-electron chi connectivity index (χ4n) is 2.50. The Morgan fingerprint density at radius 2 is 1.81 bits per heavy atom. The molecule has 0 N–H and O–H groups in total. The van der Waals surface area contributed by atoms with E-state index in [0.717, 1.165) is 4.90 Å². The molecule has 1 aromatic carbocycles. The molecule has 1 unspecified atom stereocenters. The Morgan fingerprint density at radius 3 is 2.33 bits per heavy atom. The number of halogens is 1.